The van der Waals surface area contributed by atoms with Crippen molar-refractivity contribution in [1.29, 1.82) is 0 Å². The molecule has 0 atom stereocenters. The van der Waals surface area contributed by atoms with Gasteiger partial charge in [-0.05, 0) is 38.1 Å². The molecular weight excluding hydrogens is 495 g/mol. The Morgan fingerprint density at radius 1 is 0.919 bits per heavy atom. The van der Waals surface area contributed by atoms with Crippen molar-refractivity contribution in [2.75, 3.05) is 41.3 Å². The van der Waals surface area contributed by atoms with E-state index in [1.54, 1.807) is 55.4 Å². The third-order valence-corrected chi connectivity index (χ3v) is 6.46. The molecular formula is C24H27FN10OS. The van der Waals surface area contributed by atoms with Crippen molar-refractivity contribution in [3.63, 3.8) is 0 Å². The maximum Gasteiger partial charge on any atom is 0.232 e. The lowest BCUT2D eigenvalue weighted by Crippen LogP contribution is -2.47. The molecule has 3 aromatic heterocycles. The van der Waals surface area contributed by atoms with Crippen LogP contribution in [0.1, 0.15) is 13.8 Å². The molecule has 4 aromatic rings. The molecule has 0 saturated carbocycles. The molecule has 2 N–H and O–H groups in total. The first kappa shape index (κ1) is 24.8. The van der Waals surface area contributed by atoms with Crippen LogP contribution in [0.2, 0.25) is 0 Å². The molecule has 13 heteroatoms. The van der Waals surface area contributed by atoms with Crippen molar-refractivity contribution >= 4 is 35.3 Å². The van der Waals surface area contributed by atoms with Crippen LogP contribution < -0.4 is 15.1 Å². The highest BCUT2D eigenvalue weighted by Gasteiger charge is 2.21. The number of nitrogens with one attached hydrogen (secondary N) is 1. The lowest BCUT2D eigenvalue weighted by Gasteiger charge is -2.34. The summed E-state index contributed by atoms with van der Waals surface area (Å²) in [6.45, 7) is 6.71. The lowest BCUT2D eigenvalue weighted by atomic mass is 10.1. The van der Waals surface area contributed by atoms with Crippen LogP contribution in [0.4, 0.5) is 27.9 Å². The van der Waals surface area contributed by atoms with Gasteiger partial charge in [-0.1, -0.05) is 11.8 Å². The summed E-state index contributed by atoms with van der Waals surface area (Å²) in [4.78, 5) is 28.2. The number of nitrogens with zero attached hydrogens (tertiary/aromatic N) is 9. The first-order valence-corrected chi connectivity index (χ1v) is 12.6. The fourth-order valence-electron chi connectivity index (χ4n) is 3.81. The molecule has 4 heterocycles. The molecule has 1 aliphatic rings. The highest BCUT2D eigenvalue weighted by atomic mass is 32.2. The summed E-state index contributed by atoms with van der Waals surface area (Å²) in [5.41, 5.74) is -0.133. The Kier molecular flexibility index (Phi) is 7.15. The molecule has 11 nitrogen and oxygen atoms in total. The zero-order chi connectivity index (χ0) is 25.8. The van der Waals surface area contributed by atoms with Crippen molar-refractivity contribution in [2.24, 2.45) is 0 Å². The smallest absolute Gasteiger partial charge is 0.232 e. The summed E-state index contributed by atoms with van der Waals surface area (Å²) in [5.74, 6) is 1.43. The summed E-state index contributed by atoms with van der Waals surface area (Å²) in [6.07, 6.45) is 8.52. The summed E-state index contributed by atoms with van der Waals surface area (Å²) in [5, 5.41) is 17.4. The molecule has 192 valence electrons. The van der Waals surface area contributed by atoms with Gasteiger partial charge in [-0.2, -0.15) is 10.1 Å². The van der Waals surface area contributed by atoms with E-state index in [9.17, 15) is 9.50 Å². The van der Waals surface area contributed by atoms with Gasteiger partial charge in [0.1, 0.15) is 12.1 Å². The van der Waals surface area contributed by atoms with Gasteiger partial charge in [-0.3, -0.25) is 4.68 Å². The van der Waals surface area contributed by atoms with Gasteiger partial charge in [0.25, 0.3) is 0 Å². The largest absolute Gasteiger partial charge is 0.389 e. The second-order valence-electron chi connectivity index (χ2n) is 9.22. The number of anilines is 4. The first-order valence-electron chi connectivity index (χ1n) is 11.8. The van der Waals surface area contributed by atoms with E-state index >= 15 is 0 Å². The van der Waals surface area contributed by atoms with Gasteiger partial charge in [0.15, 0.2) is 0 Å². The van der Waals surface area contributed by atoms with E-state index in [0.29, 0.717) is 37.5 Å². The molecule has 1 aromatic carbocycles. The van der Waals surface area contributed by atoms with Crippen LogP contribution in [0.5, 0.6) is 0 Å². The molecule has 37 heavy (non-hydrogen) atoms. The van der Waals surface area contributed by atoms with Crippen LogP contribution >= 0.6 is 11.8 Å². The average Bonchev–Trinajstić information content (AvgIpc) is 3.31. The standard InChI is InChI=1S/C24H27FN10OS/c1-24(2,36)15-35-14-18(11-30-35)31-21-28-16-29-23(32-21)34-9-7-33(8-10-34)22-26-12-20(13-27-22)37-19-5-3-17(25)4-6-19/h3-6,11-14,16,36H,7-10,15H2,1-2H3,(H,28,29,31,32). The van der Waals surface area contributed by atoms with Gasteiger partial charge in [-0.15, -0.1) is 0 Å². The Hall–Kier alpha value is -3.84. The molecule has 1 aliphatic heterocycles. The van der Waals surface area contributed by atoms with E-state index < -0.39 is 5.60 Å². The lowest BCUT2D eigenvalue weighted by molar-refractivity contribution is 0.0578. The monoisotopic (exact) mass is 522 g/mol. The number of aliphatic hydroxyl groups is 1. The number of hydrogen-bond acceptors (Lipinski definition) is 11. The highest BCUT2D eigenvalue weighted by Crippen LogP contribution is 2.27. The Morgan fingerprint density at radius 3 is 2.27 bits per heavy atom. The molecule has 1 saturated heterocycles. The summed E-state index contributed by atoms with van der Waals surface area (Å²) in [7, 11) is 0. The Balaban J connectivity index is 1.16. The summed E-state index contributed by atoms with van der Waals surface area (Å²) < 4.78 is 14.8. The van der Waals surface area contributed by atoms with Crippen molar-refractivity contribution in [1.82, 2.24) is 34.7 Å². The molecule has 0 unspecified atom stereocenters. The van der Waals surface area contributed by atoms with Crippen LogP contribution in [0.15, 0.2) is 65.2 Å². The van der Waals surface area contributed by atoms with E-state index in [1.165, 1.54) is 30.2 Å². The van der Waals surface area contributed by atoms with Crippen LogP contribution in [0.25, 0.3) is 0 Å². The third-order valence-electron chi connectivity index (χ3n) is 5.51. The normalized spacial score (nSPS) is 14.2. The number of piperazine rings is 1. The fourth-order valence-corrected chi connectivity index (χ4v) is 4.57. The topological polar surface area (TPSA) is 121 Å². The summed E-state index contributed by atoms with van der Waals surface area (Å²) in [6, 6.07) is 6.35. The Bertz CT molecular complexity index is 1320. The maximum absolute atomic E-state index is 13.1. The number of halogens is 1. The number of benzene rings is 1. The van der Waals surface area contributed by atoms with Crippen molar-refractivity contribution in [3.8, 4) is 0 Å². The van der Waals surface area contributed by atoms with Crippen LogP contribution in [0, 0.1) is 5.82 Å². The molecule has 1 fully saturated rings. The minimum atomic E-state index is -0.859. The number of rotatable bonds is 8. The van der Waals surface area contributed by atoms with Gasteiger partial charge >= 0.3 is 0 Å². The molecule has 5 rings (SSSR count). The summed E-state index contributed by atoms with van der Waals surface area (Å²) >= 11 is 1.49. The van der Waals surface area contributed by atoms with E-state index in [2.05, 4.69) is 45.1 Å². The predicted octanol–water partition coefficient (Wildman–Crippen LogP) is 2.99. The maximum atomic E-state index is 13.1. The van der Waals surface area contributed by atoms with Gasteiger partial charge in [0.2, 0.25) is 17.8 Å². The SMILES string of the molecule is CC(C)(O)Cn1cc(Nc2ncnc(N3CCN(c4ncc(Sc5ccc(F)cc5)cn4)CC3)n2)cn1. The van der Waals surface area contributed by atoms with Crippen molar-refractivity contribution in [2.45, 2.75) is 35.8 Å². The molecule has 0 bridgehead atoms. The average molecular weight is 523 g/mol. The van der Waals surface area contributed by atoms with E-state index in [0.717, 1.165) is 28.6 Å². The third kappa shape index (κ3) is 6.68. The minimum Gasteiger partial charge on any atom is -0.389 e. The van der Waals surface area contributed by atoms with E-state index in [1.807, 2.05) is 0 Å². The van der Waals surface area contributed by atoms with E-state index in [-0.39, 0.29) is 5.82 Å². The second-order valence-corrected chi connectivity index (χ2v) is 10.4. The Morgan fingerprint density at radius 2 is 1.59 bits per heavy atom. The van der Waals surface area contributed by atoms with Crippen LogP contribution in [0.3, 0.4) is 0 Å². The molecule has 0 amide bonds. The van der Waals surface area contributed by atoms with Crippen molar-refractivity contribution < 1.29 is 9.50 Å². The fraction of sp³-hybridized carbons (Fsp3) is 0.333. The molecule has 0 radical (unpaired) electrons. The highest BCUT2D eigenvalue weighted by molar-refractivity contribution is 7.99. The van der Waals surface area contributed by atoms with Gasteiger partial charge in [-0.25, -0.2) is 24.3 Å². The Labute approximate surface area is 217 Å². The number of hydrogen-bond donors (Lipinski definition) is 2. The van der Waals surface area contributed by atoms with Crippen LogP contribution in [-0.4, -0.2) is 71.6 Å². The molecule has 0 aliphatic carbocycles. The van der Waals surface area contributed by atoms with Gasteiger partial charge in [0, 0.05) is 54.6 Å². The minimum absolute atomic E-state index is 0.254. The van der Waals surface area contributed by atoms with E-state index in [4.69, 9.17) is 0 Å². The quantitative estimate of drug-likeness (QED) is 0.355. The predicted molar refractivity (Wildman–Crippen MR) is 139 cm³/mol. The zero-order valence-electron chi connectivity index (χ0n) is 20.5. The number of aromatic nitrogens is 7. The zero-order valence-corrected chi connectivity index (χ0v) is 21.3. The van der Waals surface area contributed by atoms with Gasteiger partial charge in [0.05, 0.1) is 24.0 Å². The second kappa shape index (κ2) is 10.6. The van der Waals surface area contributed by atoms with Crippen molar-refractivity contribution in [3.05, 3.63) is 61.2 Å². The first-order chi connectivity index (χ1) is 17.8. The van der Waals surface area contributed by atoms with Crippen LogP contribution in [-0.2, 0) is 6.54 Å². The molecule has 0 spiro atoms. The van der Waals surface area contributed by atoms with Gasteiger partial charge < -0.3 is 20.2 Å².